The van der Waals surface area contributed by atoms with Gasteiger partial charge in [0, 0.05) is 13.1 Å². The summed E-state index contributed by atoms with van der Waals surface area (Å²) in [6.07, 6.45) is 0.605. The highest BCUT2D eigenvalue weighted by atomic mass is 16.6. The van der Waals surface area contributed by atoms with Crippen molar-refractivity contribution < 1.29 is 19.4 Å². The van der Waals surface area contributed by atoms with Gasteiger partial charge in [-0.2, -0.15) is 0 Å². The Morgan fingerprint density at radius 2 is 2.00 bits per heavy atom. The summed E-state index contributed by atoms with van der Waals surface area (Å²) in [7, 11) is 0. The molecule has 5 heteroatoms. The van der Waals surface area contributed by atoms with Crippen molar-refractivity contribution in [3.63, 3.8) is 0 Å². The fourth-order valence-corrected chi connectivity index (χ4v) is 1.97. The van der Waals surface area contributed by atoms with E-state index in [1.165, 1.54) is 4.90 Å². The maximum atomic E-state index is 11.8. The molecule has 1 N–H and O–H groups in total. The molecule has 1 amide bonds. The number of carbonyl (C=O) groups is 2. The molecule has 0 saturated carbocycles. The molecular formula is C12H21NO4. The second-order valence-electron chi connectivity index (χ2n) is 5.59. The first-order chi connectivity index (χ1) is 7.70. The molecule has 0 spiro atoms. The SMILES string of the molecule is CC[C@@]1(C(=O)O)CCN(C(=O)OC(C)(C)C)C1. The summed E-state index contributed by atoms with van der Waals surface area (Å²) in [6, 6.07) is 0. The van der Waals surface area contributed by atoms with Gasteiger partial charge in [0.2, 0.25) is 0 Å². The Morgan fingerprint density at radius 1 is 1.41 bits per heavy atom. The van der Waals surface area contributed by atoms with Crippen LogP contribution < -0.4 is 0 Å². The molecular weight excluding hydrogens is 222 g/mol. The Morgan fingerprint density at radius 3 is 2.35 bits per heavy atom. The minimum absolute atomic E-state index is 0.244. The Bertz CT molecular complexity index is 321. The predicted octanol–water partition coefficient (Wildman–Crippen LogP) is 2.11. The van der Waals surface area contributed by atoms with Gasteiger partial charge in [-0.1, -0.05) is 6.92 Å². The van der Waals surface area contributed by atoms with Gasteiger partial charge in [0.1, 0.15) is 5.60 Å². The summed E-state index contributed by atoms with van der Waals surface area (Å²) >= 11 is 0. The number of ether oxygens (including phenoxy) is 1. The Kier molecular flexibility index (Phi) is 3.69. The van der Waals surface area contributed by atoms with Crippen LogP contribution in [0.5, 0.6) is 0 Å². The zero-order chi connectivity index (χ0) is 13.3. The molecule has 0 aromatic heterocycles. The topological polar surface area (TPSA) is 66.8 Å². The highest BCUT2D eigenvalue weighted by molar-refractivity contribution is 5.77. The van der Waals surface area contributed by atoms with Gasteiger partial charge in [-0.05, 0) is 33.6 Å². The number of carboxylic acids is 1. The maximum absolute atomic E-state index is 11.8. The van der Waals surface area contributed by atoms with Gasteiger partial charge in [-0.15, -0.1) is 0 Å². The van der Waals surface area contributed by atoms with Crippen molar-refractivity contribution in [1.29, 1.82) is 0 Å². The van der Waals surface area contributed by atoms with E-state index < -0.39 is 23.1 Å². The number of hydrogen-bond acceptors (Lipinski definition) is 3. The van der Waals surface area contributed by atoms with Gasteiger partial charge in [0.25, 0.3) is 0 Å². The first-order valence-corrected chi connectivity index (χ1v) is 5.91. The smallest absolute Gasteiger partial charge is 0.410 e. The largest absolute Gasteiger partial charge is 0.481 e. The fraction of sp³-hybridized carbons (Fsp3) is 0.833. The van der Waals surface area contributed by atoms with Crippen LogP contribution in [0.1, 0.15) is 40.5 Å². The van der Waals surface area contributed by atoms with E-state index in [2.05, 4.69) is 0 Å². The van der Waals surface area contributed by atoms with Crippen LogP contribution in [0.3, 0.4) is 0 Å². The van der Waals surface area contributed by atoms with Crippen LogP contribution in [-0.2, 0) is 9.53 Å². The average Bonchev–Trinajstić information content (AvgIpc) is 2.60. The van der Waals surface area contributed by atoms with Crippen molar-refractivity contribution in [3.8, 4) is 0 Å². The van der Waals surface area contributed by atoms with E-state index in [0.717, 1.165) is 0 Å². The molecule has 0 bridgehead atoms. The Hall–Kier alpha value is -1.26. The molecule has 0 unspecified atom stereocenters. The third-order valence-electron chi connectivity index (χ3n) is 3.14. The molecule has 0 aromatic rings. The van der Waals surface area contributed by atoms with Crippen LogP contribution in [0.25, 0.3) is 0 Å². The first kappa shape index (κ1) is 13.8. The zero-order valence-corrected chi connectivity index (χ0v) is 10.9. The van der Waals surface area contributed by atoms with E-state index in [9.17, 15) is 14.7 Å². The summed E-state index contributed by atoms with van der Waals surface area (Å²) in [5, 5.41) is 9.22. The molecule has 1 atom stereocenters. The summed E-state index contributed by atoms with van der Waals surface area (Å²) in [5.41, 5.74) is -1.34. The van der Waals surface area contributed by atoms with E-state index >= 15 is 0 Å². The lowest BCUT2D eigenvalue weighted by molar-refractivity contribution is -0.148. The predicted molar refractivity (Wildman–Crippen MR) is 62.8 cm³/mol. The highest BCUT2D eigenvalue weighted by Gasteiger charge is 2.45. The average molecular weight is 243 g/mol. The molecule has 0 radical (unpaired) electrons. The molecule has 17 heavy (non-hydrogen) atoms. The van der Waals surface area contributed by atoms with Crippen molar-refractivity contribution in [2.24, 2.45) is 5.41 Å². The van der Waals surface area contributed by atoms with Crippen molar-refractivity contribution in [2.75, 3.05) is 13.1 Å². The van der Waals surface area contributed by atoms with Gasteiger partial charge < -0.3 is 14.7 Å². The molecule has 0 aromatic carbocycles. The van der Waals surface area contributed by atoms with Crippen molar-refractivity contribution in [2.45, 2.75) is 46.1 Å². The highest BCUT2D eigenvalue weighted by Crippen LogP contribution is 2.34. The van der Waals surface area contributed by atoms with Crippen LogP contribution in [0, 0.1) is 5.41 Å². The van der Waals surface area contributed by atoms with Crippen molar-refractivity contribution in [3.05, 3.63) is 0 Å². The fourth-order valence-electron chi connectivity index (χ4n) is 1.97. The number of nitrogens with zero attached hydrogens (tertiary/aromatic N) is 1. The van der Waals surface area contributed by atoms with Crippen LogP contribution in [-0.4, -0.2) is 40.8 Å². The molecule has 1 fully saturated rings. The normalized spacial score (nSPS) is 24.8. The minimum Gasteiger partial charge on any atom is -0.481 e. The second kappa shape index (κ2) is 4.55. The lowest BCUT2D eigenvalue weighted by atomic mass is 9.84. The number of aliphatic carboxylic acids is 1. The Balaban J connectivity index is 2.67. The monoisotopic (exact) mass is 243 g/mol. The van der Waals surface area contributed by atoms with E-state index in [0.29, 0.717) is 19.4 Å². The van der Waals surface area contributed by atoms with E-state index in [1.807, 2.05) is 6.92 Å². The number of rotatable bonds is 2. The molecule has 1 aliphatic rings. The molecule has 5 nitrogen and oxygen atoms in total. The lowest BCUT2D eigenvalue weighted by Gasteiger charge is -2.26. The number of likely N-dealkylation sites (tertiary alicyclic amines) is 1. The number of carbonyl (C=O) groups excluding carboxylic acids is 1. The zero-order valence-electron chi connectivity index (χ0n) is 10.9. The van der Waals surface area contributed by atoms with Gasteiger partial charge in [0.05, 0.1) is 5.41 Å². The first-order valence-electron chi connectivity index (χ1n) is 5.91. The third kappa shape index (κ3) is 3.11. The molecule has 1 saturated heterocycles. The van der Waals surface area contributed by atoms with E-state index in [1.54, 1.807) is 20.8 Å². The molecule has 1 heterocycles. The molecule has 1 aliphatic heterocycles. The van der Waals surface area contributed by atoms with E-state index in [4.69, 9.17) is 4.74 Å². The van der Waals surface area contributed by atoms with Crippen LogP contribution in [0.2, 0.25) is 0 Å². The maximum Gasteiger partial charge on any atom is 0.410 e. The molecule has 98 valence electrons. The van der Waals surface area contributed by atoms with Crippen molar-refractivity contribution >= 4 is 12.1 Å². The summed E-state index contributed by atoms with van der Waals surface area (Å²) in [4.78, 5) is 24.5. The standard InChI is InChI=1S/C12H21NO4/c1-5-12(9(14)15)6-7-13(8-12)10(16)17-11(2,3)4/h5-8H2,1-4H3,(H,14,15)/t12-/m1/s1. The summed E-state index contributed by atoms with van der Waals surface area (Å²) < 4.78 is 5.23. The Labute approximate surface area is 102 Å². The quantitative estimate of drug-likeness (QED) is 0.806. The second-order valence-corrected chi connectivity index (χ2v) is 5.59. The number of carboxylic acid groups (broad SMARTS) is 1. The van der Waals surface area contributed by atoms with Crippen LogP contribution in [0.15, 0.2) is 0 Å². The van der Waals surface area contributed by atoms with Gasteiger partial charge in [0.15, 0.2) is 0 Å². The summed E-state index contributed by atoms with van der Waals surface area (Å²) in [5.74, 6) is -0.828. The van der Waals surface area contributed by atoms with Gasteiger partial charge >= 0.3 is 12.1 Å². The van der Waals surface area contributed by atoms with E-state index in [-0.39, 0.29) is 6.54 Å². The molecule has 0 aliphatic carbocycles. The molecule has 1 rings (SSSR count). The minimum atomic E-state index is -0.828. The van der Waals surface area contributed by atoms with Crippen LogP contribution >= 0.6 is 0 Å². The summed E-state index contributed by atoms with van der Waals surface area (Å²) in [6.45, 7) is 7.93. The third-order valence-corrected chi connectivity index (χ3v) is 3.14. The number of hydrogen-bond donors (Lipinski definition) is 1. The number of amides is 1. The van der Waals surface area contributed by atoms with Gasteiger partial charge in [-0.25, -0.2) is 4.79 Å². The lowest BCUT2D eigenvalue weighted by Crippen LogP contribution is -2.39. The van der Waals surface area contributed by atoms with Gasteiger partial charge in [-0.3, -0.25) is 4.79 Å². The van der Waals surface area contributed by atoms with Crippen LogP contribution in [0.4, 0.5) is 4.79 Å². The van der Waals surface area contributed by atoms with Crippen molar-refractivity contribution in [1.82, 2.24) is 4.90 Å².